The van der Waals surface area contributed by atoms with Crippen LogP contribution >= 0.6 is 15.9 Å². The number of likely N-dealkylation sites (N-methyl/N-ethyl adjacent to an activating group) is 1. The monoisotopic (exact) mass is 633 g/mol. The zero-order chi connectivity index (χ0) is 30.1. The van der Waals surface area contributed by atoms with Gasteiger partial charge in [-0.25, -0.2) is 14.6 Å². The number of carboxylic acid groups (broad SMARTS) is 2. The number of aromatic amines is 1. The van der Waals surface area contributed by atoms with E-state index in [0.717, 1.165) is 23.9 Å². The molecule has 5 rings (SSSR count). The van der Waals surface area contributed by atoms with Crippen LogP contribution in [0, 0.1) is 5.92 Å². The Hall–Kier alpha value is -3.36. The molecule has 12 nitrogen and oxygen atoms in total. The molecule has 2 aromatic heterocycles. The maximum atomic E-state index is 12.6. The number of H-pyrrole nitrogens is 1. The van der Waals surface area contributed by atoms with Crippen LogP contribution in [0.5, 0.6) is 0 Å². The molecule has 3 heterocycles. The number of aromatic nitrogens is 2. The number of aliphatic carboxylic acids is 2. The number of halogens is 1. The van der Waals surface area contributed by atoms with E-state index in [0.29, 0.717) is 12.2 Å². The summed E-state index contributed by atoms with van der Waals surface area (Å²) in [6.07, 6.45) is 2.76. The highest BCUT2D eigenvalue weighted by molar-refractivity contribution is 9.10. The Kier molecular flexibility index (Phi) is 9.14. The van der Waals surface area contributed by atoms with Crippen molar-refractivity contribution in [1.82, 2.24) is 9.47 Å². The molecular formula is C28H32BrN3O9. The molecule has 5 atom stereocenters. The van der Waals surface area contributed by atoms with Gasteiger partial charge in [0.25, 0.3) is 0 Å². The van der Waals surface area contributed by atoms with Crippen molar-refractivity contribution >= 4 is 44.7 Å². The first-order valence-electron chi connectivity index (χ1n) is 12.9. The fourth-order valence-electron chi connectivity index (χ4n) is 5.93. The largest absolute Gasteiger partial charge is 0.547 e. The Morgan fingerprint density at radius 1 is 1.22 bits per heavy atom. The van der Waals surface area contributed by atoms with E-state index >= 15 is 0 Å². The van der Waals surface area contributed by atoms with E-state index in [1.54, 1.807) is 18.5 Å². The molecule has 4 N–H and O–H groups in total. The lowest BCUT2D eigenvalue weighted by molar-refractivity contribution is -0.379. The SMILES string of the molecule is CO[C@@]12C[C@@H](COC(=O)c3c[nH+]cc(Br)c3)CN(C)[C@@H]1Cc1cn(C)c3cccc2c13.O=C(O)C(O)[C@@H](O)C(=O)[O-]. The number of carbonyl (C=O) groups is 3. The van der Waals surface area contributed by atoms with Gasteiger partial charge in [0.15, 0.2) is 18.5 Å². The highest BCUT2D eigenvalue weighted by Crippen LogP contribution is 2.49. The number of ether oxygens (including phenoxy) is 2. The maximum absolute atomic E-state index is 12.6. The quantitative estimate of drug-likeness (QED) is 0.297. The zero-order valence-electron chi connectivity index (χ0n) is 22.7. The van der Waals surface area contributed by atoms with Crippen LogP contribution in [0.15, 0.2) is 47.3 Å². The Morgan fingerprint density at radius 3 is 2.56 bits per heavy atom. The second-order valence-electron chi connectivity index (χ2n) is 10.4. The normalized spacial score (nSPS) is 23.1. The Balaban J connectivity index is 0.000000334. The fraction of sp³-hybridized carbons (Fsp3) is 0.429. The number of aryl methyl sites for hydroxylation is 1. The number of likely N-dealkylation sites (tertiary alicyclic amines) is 1. The van der Waals surface area contributed by atoms with E-state index in [2.05, 4.69) is 68.9 Å². The average molecular weight is 634 g/mol. The van der Waals surface area contributed by atoms with Crippen LogP contribution < -0.4 is 10.1 Å². The standard InChI is InChI=1S/C24H26BrN3O3.C4H6O6/c1-27-13-17-8-21-24(30-3,19-5-4-6-20(27)22(17)19)9-15(12-28(21)2)14-31-23(29)16-7-18(25)11-26-10-16;5-1(3(7)8)2(6)4(9)10/h4-7,10-11,13,15,21H,8-9,12,14H2,1-3H3;1-2,5-6H,(H,7,8)(H,9,10)/t15-,21-,24-;1-,2?/m11/s1. The lowest BCUT2D eigenvalue weighted by Gasteiger charge is -2.53. The summed E-state index contributed by atoms with van der Waals surface area (Å²) < 4.78 is 15.1. The molecule has 1 aliphatic carbocycles. The summed E-state index contributed by atoms with van der Waals surface area (Å²) in [4.78, 5) is 37.3. The highest BCUT2D eigenvalue weighted by Gasteiger charge is 2.52. The molecule has 220 valence electrons. The van der Waals surface area contributed by atoms with Gasteiger partial charge in [0.2, 0.25) is 0 Å². The number of methoxy groups -OCH3 is 1. The van der Waals surface area contributed by atoms with Gasteiger partial charge >= 0.3 is 11.9 Å². The summed E-state index contributed by atoms with van der Waals surface area (Å²) in [7, 11) is 6.08. The number of esters is 1. The van der Waals surface area contributed by atoms with E-state index in [1.807, 2.05) is 7.11 Å². The van der Waals surface area contributed by atoms with Crippen molar-refractivity contribution in [3.8, 4) is 0 Å². The molecule has 3 aromatic rings. The third-order valence-electron chi connectivity index (χ3n) is 7.77. The molecule has 1 aromatic carbocycles. The lowest BCUT2D eigenvalue weighted by Crippen LogP contribution is -2.60. The number of hydrogen-bond donors (Lipinski definition) is 3. The van der Waals surface area contributed by atoms with Crippen LogP contribution in [0.2, 0.25) is 0 Å². The summed E-state index contributed by atoms with van der Waals surface area (Å²) >= 11 is 3.39. The van der Waals surface area contributed by atoms with Crippen molar-refractivity contribution in [2.75, 3.05) is 27.3 Å². The van der Waals surface area contributed by atoms with Gasteiger partial charge in [-0.05, 0) is 59.1 Å². The molecule has 1 saturated heterocycles. The van der Waals surface area contributed by atoms with Gasteiger partial charge in [-0.2, -0.15) is 0 Å². The van der Waals surface area contributed by atoms with Gasteiger partial charge in [-0.1, -0.05) is 12.1 Å². The van der Waals surface area contributed by atoms with Crippen molar-refractivity contribution in [3.63, 3.8) is 0 Å². The zero-order valence-corrected chi connectivity index (χ0v) is 24.3. The second-order valence-corrected chi connectivity index (χ2v) is 11.3. The molecule has 0 saturated carbocycles. The van der Waals surface area contributed by atoms with Crippen LogP contribution in [0.4, 0.5) is 0 Å². The number of benzene rings is 1. The molecule has 0 spiro atoms. The predicted molar refractivity (Wildman–Crippen MR) is 145 cm³/mol. The van der Waals surface area contributed by atoms with E-state index in [9.17, 15) is 19.5 Å². The minimum atomic E-state index is -2.38. The number of rotatable bonds is 7. The number of piperidine rings is 1. The Labute approximate surface area is 244 Å². The van der Waals surface area contributed by atoms with Gasteiger partial charge < -0.3 is 39.3 Å². The lowest BCUT2D eigenvalue weighted by atomic mass is 9.69. The van der Waals surface area contributed by atoms with Crippen molar-refractivity contribution in [2.24, 2.45) is 13.0 Å². The predicted octanol–water partition coefficient (Wildman–Crippen LogP) is -0.127. The van der Waals surface area contributed by atoms with E-state index in [1.165, 1.54) is 22.0 Å². The van der Waals surface area contributed by atoms with Gasteiger partial charge in [0.1, 0.15) is 17.3 Å². The summed E-state index contributed by atoms with van der Waals surface area (Å²) in [5.41, 5.74) is 3.97. The molecule has 1 unspecified atom stereocenters. The minimum Gasteiger partial charge on any atom is -0.547 e. The number of aliphatic hydroxyl groups excluding tert-OH is 2. The van der Waals surface area contributed by atoms with E-state index < -0.39 is 29.7 Å². The van der Waals surface area contributed by atoms with Crippen molar-refractivity contribution in [3.05, 3.63) is 64.0 Å². The van der Waals surface area contributed by atoms with Gasteiger partial charge in [-0.15, -0.1) is 0 Å². The number of nitrogens with one attached hydrogen (secondary N) is 1. The second kappa shape index (κ2) is 12.2. The Bertz CT molecular complexity index is 1440. The van der Waals surface area contributed by atoms with Crippen molar-refractivity contribution in [1.29, 1.82) is 0 Å². The van der Waals surface area contributed by atoms with Crippen LogP contribution in [-0.2, 0) is 38.1 Å². The van der Waals surface area contributed by atoms with Gasteiger partial charge in [0.05, 0.1) is 17.0 Å². The maximum Gasteiger partial charge on any atom is 0.344 e. The third-order valence-corrected chi connectivity index (χ3v) is 8.23. The number of pyridine rings is 1. The number of nitrogens with zero attached hydrogens (tertiary/aromatic N) is 2. The Morgan fingerprint density at radius 2 is 1.95 bits per heavy atom. The molecule has 0 bridgehead atoms. The number of hydrogen-bond acceptors (Lipinski definition) is 9. The van der Waals surface area contributed by atoms with Crippen LogP contribution in [0.3, 0.4) is 0 Å². The van der Waals surface area contributed by atoms with Crippen LogP contribution in [-0.4, -0.2) is 88.3 Å². The van der Waals surface area contributed by atoms with Gasteiger partial charge in [0, 0.05) is 49.8 Å². The first-order valence-corrected chi connectivity index (χ1v) is 13.6. The molecular weight excluding hydrogens is 602 g/mol. The fourth-order valence-corrected chi connectivity index (χ4v) is 6.31. The number of carboxylic acids is 2. The molecule has 0 amide bonds. The molecule has 41 heavy (non-hydrogen) atoms. The van der Waals surface area contributed by atoms with Crippen LogP contribution in [0.25, 0.3) is 10.9 Å². The molecule has 2 aliphatic rings. The topological polar surface area (TPSA) is 176 Å². The first-order chi connectivity index (χ1) is 19.4. The van der Waals surface area contributed by atoms with Crippen molar-refractivity contribution < 1.29 is 49.3 Å². The summed E-state index contributed by atoms with van der Waals surface area (Å²) in [6.45, 7) is 1.23. The smallest absolute Gasteiger partial charge is 0.344 e. The number of carbonyl (C=O) groups excluding carboxylic acids is 2. The molecule has 1 fully saturated rings. The summed E-state index contributed by atoms with van der Waals surface area (Å²) in [5.74, 6) is -3.96. The number of fused-ring (bicyclic) bond motifs is 2. The summed E-state index contributed by atoms with van der Waals surface area (Å²) in [5, 5.41) is 35.4. The molecule has 0 radical (unpaired) electrons. The van der Waals surface area contributed by atoms with Crippen molar-refractivity contribution in [2.45, 2.75) is 36.7 Å². The average Bonchev–Trinajstić information content (AvgIpc) is 3.27. The highest BCUT2D eigenvalue weighted by atomic mass is 79.9. The van der Waals surface area contributed by atoms with E-state index in [4.69, 9.17) is 24.8 Å². The number of aliphatic hydroxyl groups is 2. The first kappa shape index (κ1) is 30.6. The summed E-state index contributed by atoms with van der Waals surface area (Å²) in [6, 6.07) is 8.52. The van der Waals surface area contributed by atoms with E-state index in [-0.39, 0.29) is 17.9 Å². The van der Waals surface area contributed by atoms with Crippen LogP contribution in [0.1, 0.15) is 27.9 Å². The molecule has 13 heteroatoms. The van der Waals surface area contributed by atoms with Gasteiger partial charge in [-0.3, -0.25) is 4.90 Å². The molecule has 1 aliphatic heterocycles. The third kappa shape index (κ3) is 5.99. The minimum absolute atomic E-state index is 0.182.